The first-order chi connectivity index (χ1) is 6.49. The second-order valence-corrected chi connectivity index (χ2v) is 3.88. The largest absolute Gasteiger partial charge is 0.354 e. The highest BCUT2D eigenvalue weighted by Crippen LogP contribution is 1.99. The summed E-state index contributed by atoms with van der Waals surface area (Å²) in [5.74, 6) is 1.64. The van der Waals surface area contributed by atoms with E-state index in [1.54, 1.807) is 0 Å². The highest BCUT2D eigenvalue weighted by Gasteiger charge is 2.14. The Hall–Kier alpha value is -1.26. The van der Waals surface area contributed by atoms with Gasteiger partial charge in [0.2, 0.25) is 5.96 Å². The molecule has 0 spiro atoms. The van der Waals surface area contributed by atoms with Crippen LogP contribution in [0.15, 0.2) is 9.98 Å². The van der Waals surface area contributed by atoms with Crippen molar-refractivity contribution in [1.29, 1.82) is 0 Å². The fourth-order valence-electron chi connectivity index (χ4n) is 1.14. The zero-order valence-electron chi connectivity index (χ0n) is 9.50. The molecule has 0 radical (unpaired) electrons. The Balaban J connectivity index is 2.65. The van der Waals surface area contributed by atoms with Crippen LogP contribution in [0, 0.1) is 0 Å². The minimum Gasteiger partial charge on any atom is -0.354 e. The molecule has 0 aromatic heterocycles. The summed E-state index contributed by atoms with van der Waals surface area (Å²) in [6, 6.07) is 0.370. The van der Waals surface area contributed by atoms with E-state index in [-0.39, 0.29) is 6.17 Å². The van der Waals surface area contributed by atoms with Gasteiger partial charge < -0.3 is 10.2 Å². The molecule has 0 aromatic rings. The van der Waals surface area contributed by atoms with E-state index in [1.807, 2.05) is 25.9 Å². The molecule has 2 N–H and O–H groups in total. The molecule has 0 saturated carbocycles. The van der Waals surface area contributed by atoms with Gasteiger partial charge in [-0.15, -0.1) is 0 Å². The van der Waals surface area contributed by atoms with Crippen molar-refractivity contribution in [2.75, 3.05) is 14.1 Å². The van der Waals surface area contributed by atoms with Crippen LogP contribution in [0.2, 0.25) is 0 Å². The van der Waals surface area contributed by atoms with Crippen LogP contribution in [0.1, 0.15) is 20.8 Å². The lowest BCUT2D eigenvalue weighted by Crippen LogP contribution is -2.51. The minimum atomic E-state index is -0.0186. The molecule has 0 saturated heterocycles. The van der Waals surface area contributed by atoms with E-state index in [0.29, 0.717) is 6.04 Å². The predicted octanol–water partition coefficient (Wildman–Crippen LogP) is 0.207. The molecule has 5 heteroatoms. The monoisotopic (exact) mass is 197 g/mol. The first-order valence-corrected chi connectivity index (χ1v) is 4.85. The Morgan fingerprint density at radius 2 is 2.00 bits per heavy atom. The summed E-state index contributed by atoms with van der Waals surface area (Å²) in [7, 11) is 3.91. The van der Waals surface area contributed by atoms with Crippen LogP contribution in [-0.4, -0.2) is 43.1 Å². The Morgan fingerprint density at radius 3 is 2.50 bits per heavy atom. The van der Waals surface area contributed by atoms with Crippen LogP contribution in [0.3, 0.4) is 0 Å². The molecule has 0 bridgehead atoms. The van der Waals surface area contributed by atoms with Gasteiger partial charge >= 0.3 is 0 Å². The van der Waals surface area contributed by atoms with E-state index in [4.69, 9.17) is 0 Å². The van der Waals surface area contributed by atoms with Crippen molar-refractivity contribution in [2.45, 2.75) is 33.0 Å². The zero-order chi connectivity index (χ0) is 10.7. The Kier molecular flexibility index (Phi) is 3.33. The molecule has 0 amide bonds. The van der Waals surface area contributed by atoms with Crippen molar-refractivity contribution in [2.24, 2.45) is 9.98 Å². The van der Waals surface area contributed by atoms with E-state index < -0.39 is 0 Å². The van der Waals surface area contributed by atoms with Gasteiger partial charge in [0.15, 0.2) is 5.96 Å². The van der Waals surface area contributed by atoms with Gasteiger partial charge in [-0.1, -0.05) is 0 Å². The van der Waals surface area contributed by atoms with Gasteiger partial charge in [-0.2, -0.15) is 0 Å². The van der Waals surface area contributed by atoms with E-state index in [0.717, 1.165) is 11.9 Å². The van der Waals surface area contributed by atoms with E-state index in [2.05, 4.69) is 34.5 Å². The predicted molar refractivity (Wildman–Crippen MR) is 59.4 cm³/mol. The third-order valence-corrected chi connectivity index (χ3v) is 1.70. The van der Waals surface area contributed by atoms with E-state index in [1.165, 1.54) is 0 Å². The maximum Gasteiger partial charge on any atom is 0.202 e. The van der Waals surface area contributed by atoms with Gasteiger partial charge in [-0.25, -0.2) is 9.98 Å². The molecule has 80 valence electrons. The fraction of sp³-hybridized carbons (Fsp3) is 0.778. The fourth-order valence-corrected chi connectivity index (χ4v) is 1.14. The highest BCUT2D eigenvalue weighted by atomic mass is 15.4. The maximum absolute atomic E-state index is 4.34. The van der Waals surface area contributed by atoms with Crippen molar-refractivity contribution in [3.63, 3.8) is 0 Å². The maximum atomic E-state index is 4.34. The molecule has 1 heterocycles. The molecule has 1 rings (SSSR count). The smallest absolute Gasteiger partial charge is 0.202 e. The van der Waals surface area contributed by atoms with Crippen molar-refractivity contribution in [1.82, 2.24) is 15.5 Å². The number of aliphatic imine (C=N–C) groups is 2. The Morgan fingerprint density at radius 1 is 1.36 bits per heavy atom. The number of guanidine groups is 2. The molecule has 1 unspecified atom stereocenters. The Bertz CT molecular complexity index is 254. The van der Waals surface area contributed by atoms with Crippen LogP contribution in [-0.2, 0) is 0 Å². The molecule has 5 nitrogen and oxygen atoms in total. The summed E-state index contributed by atoms with van der Waals surface area (Å²) in [5.41, 5.74) is 0. The second kappa shape index (κ2) is 4.30. The average Bonchev–Trinajstić information content (AvgIpc) is 2.01. The van der Waals surface area contributed by atoms with Crippen molar-refractivity contribution >= 4 is 11.9 Å². The standard InChI is InChI=1S/C9H19N5/c1-6(2)10-8-11-7(3)12-9(13-8)14(4)5/h6-7H,1-5H3,(H2,10,11,12,13). The lowest BCUT2D eigenvalue weighted by Gasteiger charge is -2.25. The van der Waals surface area contributed by atoms with Crippen LogP contribution in [0.4, 0.5) is 0 Å². The molecule has 1 aliphatic rings. The van der Waals surface area contributed by atoms with E-state index in [9.17, 15) is 0 Å². The lowest BCUT2D eigenvalue weighted by atomic mass is 10.4. The molecule has 0 aliphatic carbocycles. The van der Waals surface area contributed by atoms with Gasteiger partial charge in [-0.05, 0) is 20.8 Å². The number of hydrogen-bond donors (Lipinski definition) is 2. The molecular weight excluding hydrogens is 178 g/mol. The number of nitrogens with one attached hydrogen (secondary N) is 2. The van der Waals surface area contributed by atoms with Crippen molar-refractivity contribution in [3.05, 3.63) is 0 Å². The molecule has 0 aromatic carbocycles. The summed E-state index contributed by atoms with van der Waals surface area (Å²) < 4.78 is 0. The zero-order valence-corrected chi connectivity index (χ0v) is 9.50. The quantitative estimate of drug-likeness (QED) is 0.631. The number of rotatable bonds is 1. The van der Waals surface area contributed by atoms with Crippen LogP contribution >= 0.6 is 0 Å². The average molecular weight is 197 g/mol. The Labute approximate surface area is 85.3 Å². The topological polar surface area (TPSA) is 52.0 Å². The molecule has 14 heavy (non-hydrogen) atoms. The van der Waals surface area contributed by atoms with E-state index >= 15 is 0 Å². The van der Waals surface area contributed by atoms with Gasteiger partial charge in [-0.3, -0.25) is 5.32 Å². The molecule has 1 atom stereocenters. The third-order valence-electron chi connectivity index (χ3n) is 1.70. The van der Waals surface area contributed by atoms with Crippen LogP contribution in [0.5, 0.6) is 0 Å². The minimum absolute atomic E-state index is 0.0186. The normalized spacial score (nSPS) is 21.1. The van der Waals surface area contributed by atoms with Gasteiger partial charge in [0.25, 0.3) is 0 Å². The summed E-state index contributed by atoms with van der Waals surface area (Å²) in [5, 5.41) is 6.36. The lowest BCUT2D eigenvalue weighted by molar-refractivity contribution is 0.574. The first-order valence-electron chi connectivity index (χ1n) is 4.85. The summed E-state index contributed by atoms with van der Waals surface area (Å²) in [6.45, 7) is 6.12. The summed E-state index contributed by atoms with van der Waals surface area (Å²) in [6.07, 6.45) is -0.0186. The van der Waals surface area contributed by atoms with Gasteiger partial charge in [0.1, 0.15) is 6.17 Å². The number of nitrogens with zero attached hydrogens (tertiary/aromatic N) is 3. The van der Waals surface area contributed by atoms with Crippen molar-refractivity contribution in [3.8, 4) is 0 Å². The SMILES string of the molecule is CC1N=C(NC(C)C)NC(N(C)C)=N1. The first kappa shape index (κ1) is 10.8. The highest BCUT2D eigenvalue weighted by molar-refractivity contribution is 5.99. The molecule has 1 aliphatic heterocycles. The summed E-state index contributed by atoms with van der Waals surface area (Å²) in [4.78, 5) is 10.6. The van der Waals surface area contributed by atoms with Crippen LogP contribution in [0.25, 0.3) is 0 Å². The van der Waals surface area contributed by atoms with Crippen LogP contribution < -0.4 is 10.6 Å². The molecular formula is C9H19N5. The third kappa shape index (κ3) is 2.90. The van der Waals surface area contributed by atoms with Gasteiger partial charge in [0.05, 0.1) is 0 Å². The van der Waals surface area contributed by atoms with Crippen molar-refractivity contribution < 1.29 is 0 Å². The second-order valence-electron chi connectivity index (χ2n) is 3.88. The van der Waals surface area contributed by atoms with Gasteiger partial charge in [0, 0.05) is 20.1 Å². The molecule has 0 fully saturated rings. The summed E-state index contributed by atoms with van der Waals surface area (Å²) >= 11 is 0. The number of hydrogen-bond acceptors (Lipinski definition) is 5.